The fourth-order valence-corrected chi connectivity index (χ4v) is 2.45. The third-order valence-electron chi connectivity index (χ3n) is 2.80. The van der Waals surface area contributed by atoms with Crippen LogP contribution in [0.2, 0.25) is 0 Å². The second-order valence-electron chi connectivity index (χ2n) is 4.13. The van der Waals surface area contributed by atoms with Gasteiger partial charge in [0.15, 0.2) is 5.13 Å². The number of hydrogen-bond acceptors (Lipinski definition) is 4. The van der Waals surface area contributed by atoms with Gasteiger partial charge in [-0.25, -0.2) is 4.98 Å². The highest BCUT2D eigenvalue weighted by molar-refractivity contribution is 7.13. The normalized spacial score (nSPS) is 13.3. The number of ether oxygens (including phenoxy) is 1. The Morgan fingerprint density at radius 3 is 3.26 bits per heavy atom. The van der Waals surface area contributed by atoms with Gasteiger partial charge in [0.25, 0.3) is 0 Å². The van der Waals surface area contributed by atoms with Crippen molar-refractivity contribution in [3.63, 3.8) is 0 Å². The zero-order valence-electron chi connectivity index (χ0n) is 10.1. The lowest BCUT2D eigenvalue weighted by Crippen LogP contribution is -2.07. The van der Waals surface area contributed by atoms with Crippen LogP contribution in [0, 0.1) is 0 Å². The molecule has 1 aromatic carbocycles. The van der Waals surface area contributed by atoms with Crippen molar-refractivity contribution in [3.8, 4) is 5.75 Å². The molecule has 0 bridgehead atoms. The van der Waals surface area contributed by atoms with Crippen molar-refractivity contribution in [3.05, 3.63) is 47.0 Å². The summed E-state index contributed by atoms with van der Waals surface area (Å²) in [6.45, 7) is 0.743. The molecule has 3 rings (SSSR count). The van der Waals surface area contributed by atoms with E-state index in [2.05, 4.69) is 16.4 Å². The number of nitrogens with zero attached hydrogens (tertiary/aromatic N) is 1. The fourth-order valence-electron chi connectivity index (χ4n) is 1.91. The summed E-state index contributed by atoms with van der Waals surface area (Å²) in [5.74, 6) is 0.774. The summed E-state index contributed by atoms with van der Waals surface area (Å²) in [5, 5.41) is 5.13. The van der Waals surface area contributed by atoms with E-state index in [0.29, 0.717) is 5.13 Å². The van der Waals surface area contributed by atoms with Crippen LogP contribution in [-0.2, 0) is 11.2 Å². The average Bonchev–Trinajstić information content (AvgIpc) is 3.06. The zero-order chi connectivity index (χ0) is 13.1. The maximum Gasteiger partial charge on any atom is 0.250 e. The monoisotopic (exact) mass is 272 g/mol. The SMILES string of the molecule is O=C(/C=C/c1ccc2c(c1)CCO2)Nc1nccs1. The number of nitrogens with one attached hydrogen (secondary N) is 1. The van der Waals surface area contributed by atoms with Gasteiger partial charge in [0.1, 0.15) is 5.75 Å². The van der Waals surface area contributed by atoms with E-state index in [1.165, 1.54) is 23.0 Å². The molecule has 1 amide bonds. The molecule has 0 unspecified atom stereocenters. The second kappa shape index (κ2) is 5.24. The lowest BCUT2D eigenvalue weighted by atomic mass is 10.1. The van der Waals surface area contributed by atoms with E-state index >= 15 is 0 Å². The molecule has 4 nitrogen and oxygen atoms in total. The minimum atomic E-state index is -0.174. The summed E-state index contributed by atoms with van der Waals surface area (Å²) >= 11 is 1.40. The van der Waals surface area contributed by atoms with Gasteiger partial charge >= 0.3 is 0 Å². The smallest absolute Gasteiger partial charge is 0.250 e. The fraction of sp³-hybridized carbons (Fsp3) is 0.143. The Hall–Kier alpha value is -2.14. The average molecular weight is 272 g/mol. The minimum absolute atomic E-state index is 0.174. The Bertz CT molecular complexity index is 620. The summed E-state index contributed by atoms with van der Waals surface area (Å²) in [7, 11) is 0. The molecule has 5 heteroatoms. The number of aromatic nitrogens is 1. The van der Waals surface area contributed by atoms with Crippen LogP contribution >= 0.6 is 11.3 Å². The Morgan fingerprint density at radius 1 is 1.47 bits per heavy atom. The van der Waals surface area contributed by atoms with Gasteiger partial charge in [0.2, 0.25) is 5.91 Å². The van der Waals surface area contributed by atoms with Crippen molar-refractivity contribution in [2.45, 2.75) is 6.42 Å². The van der Waals surface area contributed by atoms with E-state index in [1.54, 1.807) is 12.3 Å². The molecule has 0 spiro atoms. The lowest BCUT2D eigenvalue weighted by Gasteiger charge is -2.00. The number of rotatable bonds is 3. The quantitative estimate of drug-likeness (QED) is 0.874. The molecule has 19 heavy (non-hydrogen) atoms. The van der Waals surface area contributed by atoms with E-state index in [1.807, 2.05) is 17.5 Å². The molecule has 0 saturated heterocycles. The largest absolute Gasteiger partial charge is 0.493 e. The highest BCUT2D eigenvalue weighted by atomic mass is 32.1. The van der Waals surface area contributed by atoms with Crippen LogP contribution in [0.3, 0.4) is 0 Å². The van der Waals surface area contributed by atoms with E-state index in [4.69, 9.17) is 4.74 Å². The first kappa shape index (κ1) is 11.9. The van der Waals surface area contributed by atoms with Crippen LogP contribution in [0.15, 0.2) is 35.9 Å². The van der Waals surface area contributed by atoms with E-state index in [9.17, 15) is 4.79 Å². The van der Waals surface area contributed by atoms with E-state index in [0.717, 1.165) is 24.3 Å². The maximum atomic E-state index is 11.7. The van der Waals surface area contributed by atoms with Crippen LogP contribution in [-0.4, -0.2) is 17.5 Å². The molecule has 1 N–H and O–H groups in total. The summed E-state index contributed by atoms with van der Waals surface area (Å²) in [5.41, 5.74) is 2.20. The Morgan fingerprint density at radius 2 is 2.42 bits per heavy atom. The molecule has 0 fully saturated rings. The molecule has 0 saturated carbocycles. The van der Waals surface area contributed by atoms with Crippen molar-refractivity contribution in [2.24, 2.45) is 0 Å². The summed E-state index contributed by atoms with van der Waals surface area (Å²) in [4.78, 5) is 15.7. The predicted octanol–water partition coefficient (Wildman–Crippen LogP) is 2.73. The Labute approximate surface area is 114 Å². The standard InChI is InChI=1S/C14H12N2O2S/c17-13(16-14-15-6-8-19-14)4-2-10-1-3-12-11(9-10)5-7-18-12/h1-4,6,8-9H,5,7H2,(H,15,16,17)/b4-2+. The summed E-state index contributed by atoms with van der Waals surface area (Å²) < 4.78 is 5.44. The van der Waals surface area contributed by atoms with Crippen molar-refractivity contribution in [1.29, 1.82) is 0 Å². The van der Waals surface area contributed by atoms with Crippen molar-refractivity contribution in [1.82, 2.24) is 4.98 Å². The van der Waals surface area contributed by atoms with Crippen molar-refractivity contribution in [2.75, 3.05) is 11.9 Å². The molecule has 1 aliphatic heterocycles. The maximum absolute atomic E-state index is 11.7. The minimum Gasteiger partial charge on any atom is -0.493 e. The predicted molar refractivity (Wildman–Crippen MR) is 75.4 cm³/mol. The van der Waals surface area contributed by atoms with Gasteiger partial charge < -0.3 is 4.74 Å². The van der Waals surface area contributed by atoms with E-state index in [-0.39, 0.29) is 5.91 Å². The number of fused-ring (bicyclic) bond motifs is 1. The van der Waals surface area contributed by atoms with Gasteiger partial charge in [-0.3, -0.25) is 10.1 Å². The third kappa shape index (κ3) is 2.82. The van der Waals surface area contributed by atoms with Gasteiger partial charge in [0.05, 0.1) is 6.61 Å². The first-order chi connectivity index (χ1) is 9.31. The molecule has 96 valence electrons. The first-order valence-electron chi connectivity index (χ1n) is 5.95. The number of benzene rings is 1. The van der Waals surface area contributed by atoms with Crippen molar-refractivity contribution < 1.29 is 9.53 Å². The highest BCUT2D eigenvalue weighted by Gasteiger charge is 2.11. The van der Waals surface area contributed by atoms with Gasteiger partial charge in [-0.05, 0) is 29.3 Å². The van der Waals surface area contributed by atoms with Crippen LogP contribution in [0.5, 0.6) is 5.75 Å². The highest BCUT2D eigenvalue weighted by Crippen LogP contribution is 2.26. The molecule has 2 aromatic rings. The van der Waals surface area contributed by atoms with Crippen LogP contribution in [0.4, 0.5) is 5.13 Å². The molecule has 0 radical (unpaired) electrons. The third-order valence-corrected chi connectivity index (χ3v) is 3.49. The van der Waals surface area contributed by atoms with E-state index < -0.39 is 0 Å². The summed E-state index contributed by atoms with van der Waals surface area (Å²) in [6.07, 6.45) is 5.90. The Balaban J connectivity index is 1.67. The van der Waals surface area contributed by atoms with Gasteiger partial charge in [-0.2, -0.15) is 0 Å². The molecule has 1 aliphatic rings. The zero-order valence-corrected chi connectivity index (χ0v) is 10.9. The molecular weight excluding hydrogens is 260 g/mol. The number of thiazole rings is 1. The van der Waals surface area contributed by atoms with Crippen LogP contribution < -0.4 is 10.1 Å². The topological polar surface area (TPSA) is 51.2 Å². The van der Waals surface area contributed by atoms with Crippen molar-refractivity contribution >= 4 is 28.5 Å². The molecule has 2 heterocycles. The second-order valence-corrected chi connectivity index (χ2v) is 5.02. The molecule has 0 atom stereocenters. The summed E-state index contributed by atoms with van der Waals surface area (Å²) in [6, 6.07) is 5.94. The number of anilines is 1. The van der Waals surface area contributed by atoms with Gasteiger partial charge in [-0.15, -0.1) is 11.3 Å². The van der Waals surface area contributed by atoms with Gasteiger partial charge in [0, 0.05) is 24.1 Å². The number of carbonyl (C=O) groups excluding carboxylic acids is 1. The lowest BCUT2D eigenvalue weighted by molar-refractivity contribution is -0.111. The van der Waals surface area contributed by atoms with Crippen LogP contribution in [0.25, 0.3) is 6.08 Å². The van der Waals surface area contributed by atoms with Gasteiger partial charge in [-0.1, -0.05) is 6.07 Å². The molecule has 1 aromatic heterocycles. The number of hydrogen-bond donors (Lipinski definition) is 1. The van der Waals surface area contributed by atoms with Crippen LogP contribution in [0.1, 0.15) is 11.1 Å². The Kier molecular flexibility index (Phi) is 3.29. The number of carbonyl (C=O) groups is 1. The molecular formula is C14H12N2O2S. The molecule has 0 aliphatic carbocycles. The first-order valence-corrected chi connectivity index (χ1v) is 6.83. The number of amides is 1.